The summed E-state index contributed by atoms with van der Waals surface area (Å²) in [6.45, 7) is 4.88. The normalized spacial score (nSPS) is 22.3. The van der Waals surface area contributed by atoms with Gasteiger partial charge in [-0.15, -0.1) is 0 Å². The van der Waals surface area contributed by atoms with Gasteiger partial charge in [-0.05, 0) is 7.05 Å². The summed E-state index contributed by atoms with van der Waals surface area (Å²) in [5.74, 6) is 0.354. The second-order valence-corrected chi connectivity index (χ2v) is 7.30. The van der Waals surface area contributed by atoms with Crippen molar-refractivity contribution < 1.29 is 14.2 Å². The van der Waals surface area contributed by atoms with Gasteiger partial charge < -0.3 is 24.5 Å². The highest BCUT2D eigenvalue weighted by molar-refractivity contribution is 6.30. The van der Waals surface area contributed by atoms with Crippen LogP contribution in [-0.4, -0.2) is 90.6 Å². The molecule has 0 bridgehead atoms. The van der Waals surface area contributed by atoms with E-state index in [0.29, 0.717) is 36.8 Å². The molecule has 1 N–H and O–H groups in total. The van der Waals surface area contributed by atoms with Crippen LogP contribution in [0.15, 0.2) is 6.20 Å². The maximum Gasteiger partial charge on any atom is 0.228 e. The first-order chi connectivity index (χ1) is 13.0. The van der Waals surface area contributed by atoms with E-state index >= 15 is 0 Å². The Bertz CT molecular complexity index is 833. The van der Waals surface area contributed by atoms with Crippen LogP contribution in [-0.2, 0) is 4.74 Å². The number of hydrogen-bond donors (Lipinski definition) is 1. The summed E-state index contributed by atoms with van der Waals surface area (Å²) in [5, 5.41) is 10.4. The molecule has 2 saturated heterocycles. The van der Waals surface area contributed by atoms with Crippen molar-refractivity contribution in [2.75, 3.05) is 69.3 Å². The molecule has 0 aromatic carbocycles. The van der Waals surface area contributed by atoms with Crippen molar-refractivity contribution in [1.29, 1.82) is 0 Å². The molecule has 1 atom stereocenters. The van der Waals surface area contributed by atoms with Gasteiger partial charge in [-0.2, -0.15) is 4.98 Å². The van der Waals surface area contributed by atoms with Gasteiger partial charge >= 0.3 is 0 Å². The number of nitrogens with zero attached hydrogens (tertiary/aromatic N) is 6. The number of anilines is 2. The number of rotatable bonds is 2. The predicted molar refractivity (Wildman–Crippen MR) is 101 cm³/mol. The van der Waals surface area contributed by atoms with Gasteiger partial charge in [0.2, 0.25) is 5.95 Å². The SMILES string of the molecule is CN1CCN(c2nc(N3CCOC[C@@H](O)C3)c3cnc(Cl)c(F)c3n2)CC1. The Balaban J connectivity index is 1.81. The van der Waals surface area contributed by atoms with Crippen molar-refractivity contribution in [1.82, 2.24) is 19.9 Å². The van der Waals surface area contributed by atoms with Crippen molar-refractivity contribution in [3.63, 3.8) is 0 Å². The summed E-state index contributed by atoms with van der Waals surface area (Å²) in [7, 11) is 2.06. The third-order valence-electron chi connectivity index (χ3n) is 4.94. The molecule has 2 fully saturated rings. The Hall–Kier alpha value is -1.81. The van der Waals surface area contributed by atoms with Crippen LogP contribution in [0.2, 0.25) is 5.15 Å². The quantitative estimate of drug-likeness (QED) is 0.746. The summed E-state index contributed by atoms with van der Waals surface area (Å²) in [5.41, 5.74) is 0.147. The first-order valence-corrected chi connectivity index (χ1v) is 9.36. The van der Waals surface area contributed by atoms with Crippen LogP contribution in [0.5, 0.6) is 0 Å². The predicted octanol–water partition coefficient (Wildman–Crippen LogP) is 0.767. The summed E-state index contributed by atoms with van der Waals surface area (Å²) in [6, 6.07) is 0. The zero-order valence-corrected chi connectivity index (χ0v) is 15.9. The van der Waals surface area contributed by atoms with Crippen LogP contribution < -0.4 is 9.80 Å². The first-order valence-electron chi connectivity index (χ1n) is 8.99. The maximum absolute atomic E-state index is 14.7. The number of ether oxygens (including phenoxy) is 1. The number of aliphatic hydroxyl groups is 1. The van der Waals surface area contributed by atoms with E-state index < -0.39 is 11.9 Å². The van der Waals surface area contributed by atoms with Crippen LogP contribution in [0, 0.1) is 5.82 Å². The number of aliphatic hydroxyl groups excluding tert-OH is 1. The van der Waals surface area contributed by atoms with Crippen molar-refractivity contribution in [2.24, 2.45) is 0 Å². The molecule has 2 aromatic heterocycles. The Kier molecular flexibility index (Phi) is 5.27. The van der Waals surface area contributed by atoms with Crippen molar-refractivity contribution in [3.8, 4) is 0 Å². The van der Waals surface area contributed by atoms with E-state index in [9.17, 15) is 9.50 Å². The Morgan fingerprint density at radius 1 is 1.19 bits per heavy atom. The standard InChI is InChI=1S/C17H22ClFN6O2/c1-23-2-4-24(5-3-23)17-21-14-12(8-20-15(18)13(14)19)16(22-17)25-6-7-27-10-11(26)9-25/h8,11,26H,2-7,9-10H2,1H3/t11-/m0/s1. The summed E-state index contributed by atoms with van der Waals surface area (Å²) in [6.07, 6.45) is 0.844. The van der Waals surface area contributed by atoms with E-state index in [0.717, 1.165) is 26.2 Å². The molecular formula is C17H22ClFN6O2. The van der Waals surface area contributed by atoms with Gasteiger partial charge in [0.1, 0.15) is 11.3 Å². The second-order valence-electron chi connectivity index (χ2n) is 6.94. The lowest BCUT2D eigenvalue weighted by Crippen LogP contribution is -2.45. The van der Waals surface area contributed by atoms with Crippen LogP contribution in [0.1, 0.15) is 0 Å². The molecule has 0 aliphatic carbocycles. The number of likely N-dealkylation sites (N-methyl/N-ethyl adjacent to an activating group) is 1. The molecule has 0 saturated carbocycles. The monoisotopic (exact) mass is 396 g/mol. The van der Waals surface area contributed by atoms with Gasteiger partial charge in [0, 0.05) is 45.5 Å². The number of pyridine rings is 1. The van der Waals surface area contributed by atoms with Gasteiger partial charge in [0.25, 0.3) is 0 Å². The number of fused-ring (bicyclic) bond motifs is 1. The Labute approximate surface area is 161 Å². The zero-order valence-electron chi connectivity index (χ0n) is 15.1. The van der Waals surface area contributed by atoms with E-state index in [2.05, 4.69) is 21.9 Å². The molecule has 2 aliphatic heterocycles. The van der Waals surface area contributed by atoms with Gasteiger partial charge in [-0.1, -0.05) is 11.6 Å². The van der Waals surface area contributed by atoms with Crippen LogP contribution in [0.25, 0.3) is 10.9 Å². The van der Waals surface area contributed by atoms with Gasteiger partial charge in [-0.25, -0.2) is 14.4 Å². The largest absolute Gasteiger partial charge is 0.389 e. The third kappa shape index (κ3) is 3.77. The van der Waals surface area contributed by atoms with Gasteiger partial charge in [0.15, 0.2) is 11.0 Å². The Morgan fingerprint density at radius 2 is 1.96 bits per heavy atom. The Morgan fingerprint density at radius 3 is 2.74 bits per heavy atom. The lowest BCUT2D eigenvalue weighted by molar-refractivity contribution is 0.0597. The number of halogens is 2. The lowest BCUT2D eigenvalue weighted by atomic mass is 10.2. The van der Waals surface area contributed by atoms with E-state index in [1.54, 1.807) is 0 Å². The minimum absolute atomic E-state index is 0.147. The molecule has 27 heavy (non-hydrogen) atoms. The molecule has 4 rings (SSSR count). The smallest absolute Gasteiger partial charge is 0.228 e. The summed E-state index contributed by atoms with van der Waals surface area (Å²) in [4.78, 5) is 19.3. The van der Waals surface area contributed by atoms with E-state index in [1.807, 2.05) is 9.80 Å². The lowest BCUT2D eigenvalue weighted by Gasteiger charge is -2.33. The van der Waals surface area contributed by atoms with E-state index in [-0.39, 0.29) is 17.3 Å². The minimum atomic E-state index is -0.653. The third-order valence-corrected chi connectivity index (χ3v) is 5.21. The van der Waals surface area contributed by atoms with Crippen LogP contribution >= 0.6 is 11.6 Å². The molecule has 146 valence electrons. The molecule has 0 spiro atoms. The summed E-state index contributed by atoms with van der Waals surface area (Å²) < 4.78 is 20.1. The fourth-order valence-electron chi connectivity index (χ4n) is 3.38. The zero-order chi connectivity index (χ0) is 19.0. The number of β-amino-alcohol motifs (C(OH)–C–C–N with tert-alkyl or cyclic N) is 1. The molecule has 2 aromatic rings. The fourth-order valence-corrected chi connectivity index (χ4v) is 3.52. The van der Waals surface area contributed by atoms with Crippen LogP contribution in [0.3, 0.4) is 0 Å². The molecule has 2 aliphatic rings. The molecule has 4 heterocycles. The topological polar surface area (TPSA) is 77.9 Å². The van der Waals surface area contributed by atoms with Crippen molar-refractivity contribution in [2.45, 2.75) is 6.10 Å². The molecule has 10 heteroatoms. The van der Waals surface area contributed by atoms with Crippen LogP contribution in [0.4, 0.5) is 16.2 Å². The highest BCUT2D eigenvalue weighted by Crippen LogP contribution is 2.30. The number of piperazine rings is 1. The fraction of sp³-hybridized carbons (Fsp3) is 0.588. The van der Waals surface area contributed by atoms with Crippen molar-refractivity contribution >= 4 is 34.3 Å². The number of aromatic nitrogens is 3. The van der Waals surface area contributed by atoms with Gasteiger partial charge in [-0.3, -0.25) is 0 Å². The second kappa shape index (κ2) is 7.67. The first kappa shape index (κ1) is 18.5. The molecule has 8 nitrogen and oxygen atoms in total. The highest BCUT2D eigenvalue weighted by Gasteiger charge is 2.25. The number of hydrogen-bond acceptors (Lipinski definition) is 8. The van der Waals surface area contributed by atoms with Gasteiger partial charge in [0.05, 0.1) is 24.7 Å². The molecule has 0 unspecified atom stereocenters. The van der Waals surface area contributed by atoms with Crippen molar-refractivity contribution in [3.05, 3.63) is 17.2 Å². The highest BCUT2D eigenvalue weighted by atomic mass is 35.5. The molecular weight excluding hydrogens is 375 g/mol. The molecule has 0 amide bonds. The summed E-state index contributed by atoms with van der Waals surface area (Å²) >= 11 is 5.89. The average Bonchev–Trinajstić information content (AvgIpc) is 2.89. The minimum Gasteiger partial charge on any atom is -0.389 e. The maximum atomic E-state index is 14.7. The van der Waals surface area contributed by atoms with E-state index in [1.165, 1.54) is 6.20 Å². The average molecular weight is 397 g/mol. The molecule has 0 radical (unpaired) electrons. The van der Waals surface area contributed by atoms with E-state index in [4.69, 9.17) is 21.3 Å².